The zero-order valence-electron chi connectivity index (χ0n) is 14.1. The molecule has 0 heterocycles. The Bertz CT molecular complexity index is 401. The van der Waals surface area contributed by atoms with Crippen LogP contribution in [0.25, 0.3) is 0 Å². The fraction of sp³-hybridized carbons (Fsp3) is 0.667. The van der Waals surface area contributed by atoms with Crippen LogP contribution in [0.5, 0.6) is 0 Å². The predicted octanol–water partition coefficient (Wildman–Crippen LogP) is 4.81. The Labute approximate surface area is 133 Å². The van der Waals surface area contributed by atoms with Gasteiger partial charge in [-0.2, -0.15) is 0 Å². The molecular weight excluding hydrogens is 280 g/mol. The molecule has 1 rings (SSSR count). The van der Waals surface area contributed by atoms with Gasteiger partial charge in [-0.15, -0.1) is 0 Å². The molecule has 0 aromatic rings. The van der Waals surface area contributed by atoms with E-state index in [4.69, 9.17) is 10.2 Å². The lowest BCUT2D eigenvalue weighted by Crippen LogP contribution is -2.06. The van der Waals surface area contributed by atoms with Crippen molar-refractivity contribution in [2.24, 2.45) is 5.92 Å². The first-order valence-electron chi connectivity index (χ1n) is 8.20. The smallest absolute Gasteiger partial charge is 0.330 e. The van der Waals surface area contributed by atoms with E-state index in [9.17, 15) is 9.59 Å². The number of unbranched alkanes of at least 4 members (excludes halogenated alkanes) is 2. The first-order valence-corrected chi connectivity index (χ1v) is 8.20. The summed E-state index contributed by atoms with van der Waals surface area (Å²) >= 11 is 0. The van der Waals surface area contributed by atoms with Crippen molar-refractivity contribution >= 4 is 11.9 Å². The summed E-state index contributed by atoms with van der Waals surface area (Å²) in [4.78, 5) is 20.7. The van der Waals surface area contributed by atoms with Crippen molar-refractivity contribution in [1.82, 2.24) is 0 Å². The molecule has 1 aliphatic carbocycles. The molecule has 4 heteroatoms. The summed E-state index contributed by atoms with van der Waals surface area (Å²) in [6.07, 6.45) is 12.9. The van der Waals surface area contributed by atoms with Crippen LogP contribution < -0.4 is 0 Å². The molecule has 1 aliphatic rings. The Hall–Kier alpha value is -1.58. The molecule has 126 valence electrons. The molecule has 0 amide bonds. The van der Waals surface area contributed by atoms with Crippen LogP contribution in [0.15, 0.2) is 23.3 Å². The second kappa shape index (κ2) is 12.0. The van der Waals surface area contributed by atoms with Crippen LogP contribution >= 0.6 is 0 Å². The molecule has 0 unspecified atom stereocenters. The highest BCUT2D eigenvalue weighted by atomic mass is 16.4. The molecule has 2 N–H and O–H groups in total. The van der Waals surface area contributed by atoms with Crippen molar-refractivity contribution in [2.45, 2.75) is 72.1 Å². The molecule has 1 saturated carbocycles. The predicted molar refractivity (Wildman–Crippen MR) is 88.9 cm³/mol. The minimum Gasteiger partial charge on any atom is -0.478 e. The minimum absolute atomic E-state index is 0.452. The van der Waals surface area contributed by atoms with Gasteiger partial charge in [-0.3, -0.25) is 0 Å². The molecule has 22 heavy (non-hydrogen) atoms. The van der Waals surface area contributed by atoms with Gasteiger partial charge in [-0.05, 0) is 39.0 Å². The second-order valence-electron chi connectivity index (χ2n) is 5.89. The topological polar surface area (TPSA) is 74.6 Å². The Balaban J connectivity index is 0.000000409. The van der Waals surface area contributed by atoms with Crippen LogP contribution in [0.2, 0.25) is 0 Å². The molecule has 0 aliphatic heterocycles. The number of carboxylic acids is 2. The van der Waals surface area contributed by atoms with Crippen molar-refractivity contribution in [2.75, 3.05) is 0 Å². The maximum Gasteiger partial charge on any atom is 0.330 e. The number of hydrogen-bond donors (Lipinski definition) is 2. The van der Waals surface area contributed by atoms with Crippen LogP contribution in [-0.2, 0) is 9.59 Å². The van der Waals surface area contributed by atoms with Crippen LogP contribution in [0.3, 0.4) is 0 Å². The van der Waals surface area contributed by atoms with Crippen molar-refractivity contribution in [3.8, 4) is 0 Å². The monoisotopic (exact) mass is 310 g/mol. The molecule has 0 spiro atoms. The number of carboxylic acid groups (broad SMARTS) is 2. The van der Waals surface area contributed by atoms with E-state index >= 15 is 0 Å². The lowest BCUT2D eigenvalue weighted by atomic mass is 9.88. The van der Waals surface area contributed by atoms with Gasteiger partial charge in [-0.25, -0.2) is 9.59 Å². The maximum absolute atomic E-state index is 10.5. The summed E-state index contributed by atoms with van der Waals surface area (Å²) in [6, 6.07) is 0. The Morgan fingerprint density at radius 2 is 1.55 bits per heavy atom. The number of carbonyl (C=O) groups is 2. The molecule has 0 atom stereocenters. The van der Waals surface area contributed by atoms with Gasteiger partial charge < -0.3 is 10.2 Å². The van der Waals surface area contributed by atoms with Gasteiger partial charge in [0.05, 0.1) is 0 Å². The Morgan fingerprint density at radius 1 is 1.00 bits per heavy atom. The summed E-state index contributed by atoms with van der Waals surface area (Å²) in [7, 11) is 0. The van der Waals surface area contributed by atoms with Crippen molar-refractivity contribution in [1.29, 1.82) is 0 Å². The summed E-state index contributed by atoms with van der Waals surface area (Å²) in [6.45, 7) is 5.39. The molecule has 4 nitrogen and oxygen atoms in total. The number of aliphatic carboxylic acids is 2. The standard InChI is InChI=1S/C10H16O2.C8H14O2/c1-8(10(11)12)7-9-5-3-2-4-6-9;1-3-4-5-6-7(2)8(9)10/h7,9H,2-6H2,1H3,(H,11,12);6H,3-5H2,1-2H3,(H,9,10). The minimum atomic E-state index is -0.809. The van der Waals surface area contributed by atoms with Crippen LogP contribution in [0.1, 0.15) is 72.1 Å². The van der Waals surface area contributed by atoms with Gasteiger partial charge in [0, 0.05) is 11.1 Å². The highest BCUT2D eigenvalue weighted by Crippen LogP contribution is 2.25. The largest absolute Gasteiger partial charge is 0.478 e. The van der Waals surface area contributed by atoms with Crippen molar-refractivity contribution < 1.29 is 19.8 Å². The van der Waals surface area contributed by atoms with Gasteiger partial charge in [-0.1, -0.05) is 51.2 Å². The van der Waals surface area contributed by atoms with Crippen molar-refractivity contribution in [3.63, 3.8) is 0 Å². The number of allylic oxidation sites excluding steroid dienone is 2. The fourth-order valence-corrected chi connectivity index (χ4v) is 2.34. The fourth-order valence-electron chi connectivity index (χ4n) is 2.34. The van der Waals surface area contributed by atoms with E-state index in [1.54, 1.807) is 19.9 Å². The molecule has 1 fully saturated rings. The van der Waals surface area contributed by atoms with Crippen LogP contribution in [0.4, 0.5) is 0 Å². The number of rotatable bonds is 6. The SMILES string of the molecule is CC(=CC1CCCCC1)C(=O)O.CCCCC=C(C)C(=O)O. The highest BCUT2D eigenvalue weighted by Gasteiger charge is 2.12. The molecule has 0 aromatic carbocycles. The third-order valence-electron chi connectivity index (χ3n) is 3.82. The van der Waals surface area contributed by atoms with Crippen LogP contribution in [0, 0.1) is 5.92 Å². The van der Waals surface area contributed by atoms with E-state index in [-0.39, 0.29) is 0 Å². The molecular formula is C18H30O4. The normalized spacial score (nSPS) is 16.7. The van der Waals surface area contributed by atoms with Gasteiger partial charge in [0.2, 0.25) is 0 Å². The van der Waals surface area contributed by atoms with E-state index in [2.05, 4.69) is 6.92 Å². The second-order valence-corrected chi connectivity index (χ2v) is 5.89. The average molecular weight is 310 g/mol. The van der Waals surface area contributed by atoms with Crippen LogP contribution in [-0.4, -0.2) is 22.2 Å². The molecule has 0 aromatic heterocycles. The lowest BCUT2D eigenvalue weighted by molar-refractivity contribution is -0.133. The first-order chi connectivity index (χ1) is 10.4. The van der Waals surface area contributed by atoms with E-state index < -0.39 is 11.9 Å². The third kappa shape index (κ3) is 10.2. The average Bonchev–Trinajstić information content (AvgIpc) is 2.48. The van der Waals surface area contributed by atoms with Gasteiger partial charge in [0.15, 0.2) is 0 Å². The van der Waals surface area contributed by atoms with E-state index in [0.717, 1.165) is 19.3 Å². The summed E-state index contributed by atoms with van der Waals surface area (Å²) < 4.78 is 0. The molecule has 0 bridgehead atoms. The zero-order chi connectivity index (χ0) is 17.0. The zero-order valence-corrected chi connectivity index (χ0v) is 14.1. The van der Waals surface area contributed by atoms with Gasteiger partial charge in [0.1, 0.15) is 0 Å². The van der Waals surface area contributed by atoms with E-state index in [0.29, 0.717) is 17.1 Å². The Morgan fingerprint density at radius 3 is 2.00 bits per heavy atom. The van der Waals surface area contributed by atoms with Crippen molar-refractivity contribution in [3.05, 3.63) is 23.3 Å². The van der Waals surface area contributed by atoms with Gasteiger partial charge >= 0.3 is 11.9 Å². The summed E-state index contributed by atoms with van der Waals surface area (Å²) in [5.41, 5.74) is 0.954. The first kappa shape index (κ1) is 20.4. The van der Waals surface area contributed by atoms with E-state index in [1.165, 1.54) is 32.1 Å². The number of hydrogen-bond acceptors (Lipinski definition) is 2. The van der Waals surface area contributed by atoms with Gasteiger partial charge in [0.25, 0.3) is 0 Å². The van der Waals surface area contributed by atoms with E-state index in [1.807, 2.05) is 6.08 Å². The maximum atomic E-state index is 10.5. The summed E-state index contributed by atoms with van der Waals surface area (Å²) in [5, 5.41) is 17.1. The highest BCUT2D eigenvalue weighted by molar-refractivity contribution is 5.86. The summed E-state index contributed by atoms with van der Waals surface area (Å²) in [5.74, 6) is -1.06. The lowest BCUT2D eigenvalue weighted by Gasteiger charge is -2.18. The Kier molecular flexibility index (Phi) is 11.2. The molecule has 0 radical (unpaired) electrons. The quantitative estimate of drug-likeness (QED) is 0.545. The molecule has 0 saturated heterocycles. The third-order valence-corrected chi connectivity index (χ3v) is 3.82.